The summed E-state index contributed by atoms with van der Waals surface area (Å²) in [5.41, 5.74) is 2.23. The minimum absolute atomic E-state index is 0.0311. The molecule has 39 heavy (non-hydrogen) atoms. The molecule has 0 aliphatic heterocycles. The minimum Gasteiger partial charge on any atom is -0.504 e. The molecule has 212 valence electrons. The molecule has 5 atom stereocenters. The lowest BCUT2D eigenvalue weighted by Gasteiger charge is -2.50. The highest BCUT2D eigenvalue weighted by Crippen LogP contribution is 2.62. The second-order valence-corrected chi connectivity index (χ2v) is 12.7. The lowest BCUT2D eigenvalue weighted by Crippen LogP contribution is -2.45. The van der Waals surface area contributed by atoms with Crippen molar-refractivity contribution in [2.75, 3.05) is 20.8 Å². The summed E-state index contributed by atoms with van der Waals surface area (Å²) in [5, 5.41) is 15.7. The Kier molecular flexibility index (Phi) is 7.22. The average Bonchev–Trinajstić information content (AvgIpc) is 3.23. The van der Waals surface area contributed by atoms with E-state index in [4.69, 9.17) is 24.1 Å². The topological polar surface area (TPSA) is 134 Å². The normalized spacial score (nSPS) is 27.6. The van der Waals surface area contributed by atoms with E-state index in [1.807, 2.05) is 19.1 Å². The molecule has 2 fully saturated rings. The average molecular weight is 560 g/mol. The van der Waals surface area contributed by atoms with Crippen molar-refractivity contribution in [2.45, 2.75) is 69.3 Å². The molecule has 10 heteroatoms. The first kappa shape index (κ1) is 27.6. The predicted molar refractivity (Wildman–Crippen MR) is 144 cm³/mol. The van der Waals surface area contributed by atoms with Crippen molar-refractivity contribution >= 4 is 16.0 Å². The third-order valence-electron chi connectivity index (χ3n) is 9.27. The van der Waals surface area contributed by atoms with Crippen LogP contribution in [0.25, 0.3) is 0 Å². The fourth-order valence-electron chi connectivity index (χ4n) is 7.45. The first-order chi connectivity index (χ1) is 18.5. The number of fused-ring (bicyclic) bond motifs is 5. The predicted octanol–water partition coefficient (Wildman–Crippen LogP) is 4.54. The number of hydrogen-bond donors (Lipinski definition) is 2. The van der Waals surface area contributed by atoms with Crippen LogP contribution in [0.3, 0.4) is 0 Å². The third kappa shape index (κ3) is 4.71. The number of hydrogen-bond acceptors (Lipinski definition) is 8. The fourth-order valence-corrected chi connectivity index (χ4v) is 8.01. The van der Waals surface area contributed by atoms with Gasteiger partial charge in [0.05, 0.1) is 25.7 Å². The summed E-state index contributed by atoms with van der Waals surface area (Å²) in [7, 11) is -1.34. The van der Waals surface area contributed by atoms with Crippen molar-refractivity contribution in [2.24, 2.45) is 22.4 Å². The van der Waals surface area contributed by atoms with Crippen LogP contribution < -0.4 is 19.3 Å². The van der Waals surface area contributed by atoms with Gasteiger partial charge < -0.3 is 24.1 Å². The number of benzene rings is 2. The number of aromatic hydroxyl groups is 1. The third-order valence-corrected chi connectivity index (χ3v) is 10.2. The standard InChI is InChI=1S/C29H37NO8S/c1-5-37-24-15-20-16(12-23(24)31)6-7-19-18(20)10-11-29(2)22(19)8-9-26(29)38-28(32)21-13-17(39(30,33)34)14-25(35-3)27(21)36-4/h12-15,18-19,22,26,31H,5-11H2,1-4H3,(H2,30,33,34)/t18?,19?,22?,26-,29-/m0/s1. The van der Waals surface area contributed by atoms with Gasteiger partial charge in [-0.2, -0.15) is 0 Å². The molecular weight excluding hydrogens is 522 g/mol. The van der Waals surface area contributed by atoms with Gasteiger partial charge >= 0.3 is 5.97 Å². The van der Waals surface area contributed by atoms with E-state index in [1.165, 1.54) is 37.5 Å². The van der Waals surface area contributed by atoms with Crippen LogP contribution >= 0.6 is 0 Å². The molecule has 0 saturated heterocycles. The molecule has 0 spiro atoms. The zero-order chi connectivity index (χ0) is 28.1. The van der Waals surface area contributed by atoms with E-state index in [9.17, 15) is 18.3 Å². The van der Waals surface area contributed by atoms with E-state index in [1.54, 1.807) is 0 Å². The van der Waals surface area contributed by atoms with Gasteiger partial charge in [0.15, 0.2) is 23.0 Å². The van der Waals surface area contributed by atoms with E-state index >= 15 is 0 Å². The second-order valence-electron chi connectivity index (χ2n) is 11.1. The summed E-state index contributed by atoms with van der Waals surface area (Å²) in [6.45, 7) is 4.62. The minimum atomic E-state index is -4.09. The summed E-state index contributed by atoms with van der Waals surface area (Å²) >= 11 is 0. The number of methoxy groups -OCH3 is 2. The van der Waals surface area contributed by atoms with Crippen molar-refractivity contribution in [3.8, 4) is 23.0 Å². The van der Waals surface area contributed by atoms with Crippen molar-refractivity contribution in [3.63, 3.8) is 0 Å². The molecule has 3 aliphatic rings. The number of sulfonamides is 1. The van der Waals surface area contributed by atoms with E-state index in [2.05, 4.69) is 6.92 Å². The number of rotatable bonds is 7. The summed E-state index contributed by atoms with van der Waals surface area (Å²) in [4.78, 5) is 13.2. The van der Waals surface area contributed by atoms with Gasteiger partial charge in [-0.05, 0) is 92.5 Å². The summed E-state index contributed by atoms with van der Waals surface area (Å²) in [6, 6.07) is 6.31. The molecule has 2 aromatic carbocycles. The highest BCUT2D eigenvalue weighted by atomic mass is 32.2. The number of primary sulfonamides is 1. The van der Waals surface area contributed by atoms with Crippen molar-refractivity contribution < 1.29 is 37.3 Å². The molecule has 2 saturated carbocycles. The maximum atomic E-state index is 13.5. The molecule has 3 N–H and O–H groups in total. The lowest BCUT2D eigenvalue weighted by molar-refractivity contribution is -0.0429. The van der Waals surface area contributed by atoms with Gasteiger partial charge in [-0.1, -0.05) is 6.92 Å². The molecule has 0 aromatic heterocycles. The molecule has 3 unspecified atom stereocenters. The smallest absolute Gasteiger partial charge is 0.342 e. The van der Waals surface area contributed by atoms with Gasteiger partial charge in [0.1, 0.15) is 11.7 Å². The molecule has 3 aliphatic carbocycles. The number of phenols is 1. The Hall–Kier alpha value is -2.98. The van der Waals surface area contributed by atoms with E-state index in [0.29, 0.717) is 30.1 Å². The Morgan fingerprint density at radius 3 is 2.51 bits per heavy atom. The molecule has 5 rings (SSSR count). The Labute approximate surface area is 229 Å². The van der Waals surface area contributed by atoms with Crippen molar-refractivity contribution in [3.05, 3.63) is 41.0 Å². The highest BCUT2D eigenvalue weighted by molar-refractivity contribution is 7.89. The number of ether oxygens (including phenoxy) is 4. The SMILES string of the molecule is CCOc1cc2c(cc1O)CCC1C2CC[C@@]2(C)C1CC[C@@H]2OC(=O)c1cc(S(N)(=O)=O)cc(OC)c1OC. The Balaban J connectivity index is 1.41. The van der Waals surface area contributed by atoms with Gasteiger partial charge in [0, 0.05) is 11.5 Å². The van der Waals surface area contributed by atoms with Crippen LogP contribution in [-0.4, -0.2) is 46.4 Å². The fraction of sp³-hybridized carbons (Fsp3) is 0.552. The molecule has 0 amide bonds. The Morgan fingerprint density at radius 2 is 1.85 bits per heavy atom. The van der Waals surface area contributed by atoms with Crippen LogP contribution in [0.15, 0.2) is 29.2 Å². The highest BCUT2D eigenvalue weighted by Gasteiger charge is 2.56. The number of esters is 1. The van der Waals surface area contributed by atoms with E-state index in [0.717, 1.165) is 38.5 Å². The molecule has 0 heterocycles. The van der Waals surface area contributed by atoms with Gasteiger partial charge in [-0.3, -0.25) is 0 Å². The first-order valence-electron chi connectivity index (χ1n) is 13.5. The van der Waals surface area contributed by atoms with Crippen LogP contribution in [0.1, 0.15) is 73.4 Å². The molecular formula is C29H37NO8S. The van der Waals surface area contributed by atoms with Crippen LogP contribution in [-0.2, 0) is 21.2 Å². The van der Waals surface area contributed by atoms with Crippen LogP contribution in [0.5, 0.6) is 23.0 Å². The number of carbonyl (C=O) groups excluding carboxylic acids is 1. The lowest BCUT2D eigenvalue weighted by atomic mass is 9.55. The number of phenolic OH excluding ortho intramolecular Hbond substituents is 1. The summed E-state index contributed by atoms with van der Waals surface area (Å²) in [6.07, 6.45) is 5.12. The van der Waals surface area contributed by atoms with Gasteiger partial charge in [0.2, 0.25) is 10.0 Å². The first-order valence-corrected chi connectivity index (χ1v) is 15.0. The van der Waals surface area contributed by atoms with Gasteiger partial charge in [-0.25, -0.2) is 18.4 Å². The number of carbonyl (C=O) groups is 1. The Morgan fingerprint density at radius 1 is 1.08 bits per heavy atom. The Bertz CT molecular complexity index is 1390. The largest absolute Gasteiger partial charge is 0.504 e. The molecule has 2 aromatic rings. The van der Waals surface area contributed by atoms with E-state index in [-0.39, 0.29) is 39.2 Å². The summed E-state index contributed by atoms with van der Waals surface area (Å²) in [5.74, 6) is 1.46. The zero-order valence-corrected chi connectivity index (χ0v) is 23.7. The van der Waals surface area contributed by atoms with Crippen molar-refractivity contribution in [1.29, 1.82) is 0 Å². The van der Waals surface area contributed by atoms with Crippen molar-refractivity contribution in [1.82, 2.24) is 0 Å². The monoisotopic (exact) mass is 559 g/mol. The maximum Gasteiger partial charge on any atom is 0.342 e. The number of aryl methyl sites for hydroxylation is 1. The van der Waals surface area contributed by atoms with Crippen LogP contribution in [0.2, 0.25) is 0 Å². The molecule has 9 nitrogen and oxygen atoms in total. The van der Waals surface area contributed by atoms with Crippen LogP contribution in [0.4, 0.5) is 0 Å². The molecule has 0 radical (unpaired) electrons. The molecule has 0 bridgehead atoms. The quantitative estimate of drug-likeness (QED) is 0.472. The van der Waals surface area contributed by atoms with Crippen LogP contribution in [0, 0.1) is 17.3 Å². The number of nitrogens with two attached hydrogens (primary N) is 1. The summed E-state index contributed by atoms with van der Waals surface area (Å²) < 4.78 is 46.6. The zero-order valence-electron chi connectivity index (χ0n) is 22.9. The van der Waals surface area contributed by atoms with Gasteiger partial charge in [0.25, 0.3) is 0 Å². The second kappa shape index (κ2) is 10.2. The van der Waals surface area contributed by atoms with E-state index < -0.39 is 16.0 Å². The van der Waals surface area contributed by atoms with Gasteiger partial charge in [-0.15, -0.1) is 0 Å². The maximum absolute atomic E-state index is 13.5.